The quantitative estimate of drug-likeness (QED) is 0.460. The van der Waals surface area contributed by atoms with E-state index in [1.54, 1.807) is 62.6 Å². The number of nitrogens with zero attached hydrogens (tertiary/aromatic N) is 1. The Balaban J connectivity index is 1.79. The fourth-order valence-corrected chi connectivity index (χ4v) is 3.71. The molecule has 1 amide bonds. The van der Waals surface area contributed by atoms with Crippen molar-refractivity contribution in [3.8, 4) is 11.5 Å². The van der Waals surface area contributed by atoms with Crippen molar-refractivity contribution in [3.05, 3.63) is 57.4 Å². The molecule has 2 aromatic rings. The maximum Gasteiger partial charge on any atom is 0.344 e. The van der Waals surface area contributed by atoms with Crippen LogP contribution in [0.25, 0.3) is 6.08 Å². The van der Waals surface area contributed by atoms with Crippen molar-refractivity contribution in [3.63, 3.8) is 0 Å². The van der Waals surface area contributed by atoms with E-state index in [1.807, 2.05) is 0 Å². The number of esters is 1. The number of ether oxygens (including phenoxy) is 3. The highest BCUT2D eigenvalue weighted by Gasteiger charge is 2.24. The smallest absolute Gasteiger partial charge is 0.344 e. The molecule has 9 heteroatoms. The lowest BCUT2D eigenvalue weighted by atomic mass is 10.2. The highest BCUT2D eigenvalue weighted by atomic mass is 79.9. The predicted octanol–water partition coefficient (Wildman–Crippen LogP) is 4.29. The Morgan fingerprint density at radius 1 is 1.23 bits per heavy atom. The first-order valence-electron chi connectivity index (χ1n) is 9.00. The Bertz CT molecular complexity index is 1000. The fraction of sp³-hybridized carbons (Fsp3) is 0.190. The van der Waals surface area contributed by atoms with Crippen LogP contribution in [0.4, 0.5) is 5.69 Å². The SMILES string of the molecule is CCOC(=O)COc1ccc(Br)cc1/C=C1/SC(=Nc2ccc(OC)cc2)NC1=O. The van der Waals surface area contributed by atoms with Gasteiger partial charge in [0, 0.05) is 10.0 Å². The van der Waals surface area contributed by atoms with Gasteiger partial charge in [-0.25, -0.2) is 9.79 Å². The van der Waals surface area contributed by atoms with Crippen molar-refractivity contribution in [2.75, 3.05) is 20.3 Å². The van der Waals surface area contributed by atoms with Gasteiger partial charge in [-0.3, -0.25) is 4.79 Å². The zero-order valence-corrected chi connectivity index (χ0v) is 18.7. The number of halogens is 1. The van der Waals surface area contributed by atoms with Crippen molar-refractivity contribution in [2.24, 2.45) is 4.99 Å². The van der Waals surface area contributed by atoms with Crippen LogP contribution in [0, 0.1) is 0 Å². The Kier molecular flexibility index (Phi) is 7.53. The lowest BCUT2D eigenvalue weighted by Crippen LogP contribution is -2.19. The monoisotopic (exact) mass is 490 g/mol. The average molecular weight is 491 g/mol. The maximum atomic E-state index is 12.4. The van der Waals surface area contributed by atoms with Crippen molar-refractivity contribution in [1.82, 2.24) is 5.32 Å². The van der Waals surface area contributed by atoms with Crippen LogP contribution in [0.3, 0.4) is 0 Å². The second kappa shape index (κ2) is 10.3. The lowest BCUT2D eigenvalue weighted by Gasteiger charge is -2.09. The summed E-state index contributed by atoms with van der Waals surface area (Å²) in [6.45, 7) is 1.80. The minimum atomic E-state index is -0.457. The van der Waals surface area contributed by atoms with E-state index in [4.69, 9.17) is 14.2 Å². The minimum Gasteiger partial charge on any atom is -0.497 e. The van der Waals surface area contributed by atoms with Crippen LogP contribution >= 0.6 is 27.7 Å². The van der Waals surface area contributed by atoms with Gasteiger partial charge in [0.2, 0.25) is 0 Å². The number of carbonyl (C=O) groups excluding carboxylic acids is 2. The van der Waals surface area contributed by atoms with Crippen LogP contribution < -0.4 is 14.8 Å². The molecule has 0 radical (unpaired) electrons. The summed E-state index contributed by atoms with van der Waals surface area (Å²) in [7, 11) is 1.59. The molecule has 0 unspecified atom stereocenters. The van der Waals surface area contributed by atoms with Gasteiger partial charge < -0.3 is 19.5 Å². The fourth-order valence-electron chi connectivity index (χ4n) is 2.50. The van der Waals surface area contributed by atoms with Gasteiger partial charge >= 0.3 is 5.97 Å². The molecule has 0 saturated carbocycles. The molecule has 1 aliphatic heterocycles. The molecule has 1 N–H and O–H groups in total. The van der Waals surface area contributed by atoms with Crippen LogP contribution in [-0.2, 0) is 14.3 Å². The summed E-state index contributed by atoms with van der Waals surface area (Å²) in [6.07, 6.45) is 1.70. The molecule has 1 saturated heterocycles. The summed E-state index contributed by atoms with van der Waals surface area (Å²) in [6, 6.07) is 12.5. The van der Waals surface area contributed by atoms with Gasteiger partial charge in [0.1, 0.15) is 11.5 Å². The lowest BCUT2D eigenvalue weighted by molar-refractivity contribution is -0.145. The largest absolute Gasteiger partial charge is 0.497 e. The Morgan fingerprint density at radius 2 is 2.00 bits per heavy atom. The highest BCUT2D eigenvalue weighted by Crippen LogP contribution is 2.32. The molecular formula is C21H19BrN2O5S. The van der Waals surface area contributed by atoms with E-state index in [9.17, 15) is 9.59 Å². The van der Waals surface area contributed by atoms with E-state index < -0.39 is 5.97 Å². The molecule has 1 aliphatic rings. The van der Waals surface area contributed by atoms with Crippen LogP contribution in [0.2, 0.25) is 0 Å². The molecule has 0 bridgehead atoms. The normalized spacial score (nSPS) is 15.9. The third-order valence-electron chi connectivity index (χ3n) is 3.86. The molecule has 2 aromatic carbocycles. The van der Waals surface area contributed by atoms with E-state index in [0.29, 0.717) is 27.1 Å². The van der Waals surface area contributed by atoms with E-state index >= 15 is 0 Å². The number of hydrogen-bond donors (Lipinski definition) is 1. The standard InChI is InChI=1S/C21H19BrN2O5S/c1-3-28-19(25)12-29-17-9-4-14(22)10-13(17)11-18-20(26)24-21(30-18)23-15-5-7-16(27-2)8-6-15/h4-11H,3,12H2,1-2H3,(H,23,24,26)/b18-11+. The van der Waals surface area contributed by atoms with E-state index in [0.717, 1.165) is 10.2 Å². The second-order valence-electron chi connectivity index (χ2n) is 5.96. The van der Waals surface area contributed by atoms with Crippen LogP contribution in [0.1, 0.15) is 12.5 Å². The van der Waals surface area contributed by atoms with Gasteiger partial charge in [-0.15, -0.1) is 0 Å². The summed E-state index contributed by atoms with van der Waals surface area (Å²) in [5.74, 6) is 0.477. The van der Waals surface area contributed by atoms with Crippen LogP contribution in [0.5, 0.6) is 11.5 Å². The van der Waals surface area contributed by atoms with Crippen molar-refractivity contribution in [1.29, 1.82) is 0 Å². The summed E-state index contributed by atoms with van der Waals surface area (Å²) in [5.41, 5.74) is 1.35. The zero-order chi connectivity index (χ0) is 21.5. The van der Waals surface area contributed by atoms with Crippen LogP contribution in [0.15, 0.2) is 56.8 Å². The Morgan fingerprint density at radius 3 is 2.70 bits per heavy atom. The first-order chi connectivity index (χ1) is 14.5. The van der Waals surface area contributed by atoms with Gasteiger partial charge in [0.15, 0.2) is 11.8 Å². The molecule has 7 nitrogen and oxygen atoms in total. The van der Waals surface area contributed by atoms with Crippen LogP contribution in [-0.4, -0.2) is 37.4 Å². The third-order valence-corrected chi connectivity index (χ3v) is 5.27. The average Bonchev–Trinajstić information content (AvgIpc) is 3.07. The summed E-state index contributed by atoms with van der Waals surface area (Å²) >= 11 is 4.64. The van der Waals surface area contributed by atoms with E-state index in [-0.39, 0.29) is 19.1 Å². The summed E-state index contributed by atoms with van der Waals surface area (Å²) in [4.78, 5) is 28.9. The topological polar surface area (TPSA) is 86.2 Å². The molecule has 3 rings (SSSR count). The minimum absolute atomic E-state index is 0.213. The first kappa shape index (κ1) is 21.9. The molecule has 0 spiro atoms. The number of methoxy groups -OCH3 is 1. The summed E-state index contributed by atoms with van der Waals surface area (Å²) < 4.78 is 16.4. The van der Waals surface area contributed by atoms with E-state index in [1.165, 1.54) is 11.8 Å². The first-order valence-corrected chi connectivity index (χ1v) is 10.6. The molecule has 0 atom stereocenters. The van der Waals surface area contributed by atoms with Gasteiger partial charge in [0.25, 0.3) is 5.91 Å². The maximum absolute atomic E-state index is 12.4. The Labute approximate surface area is 186 Å². The molecule has 30 heavy (non-hydrogen) atoms. The number of amides is 1. The molecule has 0 aromatic heterocycles. The number of hydrogen-bond acceptors (Lipinski definition) is 7. The van der Waals surface area contributed by atoms with E-state index in [2.05, 4.69) is 26.2 Å². The van der Waals surface area contributed by atoms with Crippen molar-refractivity contribution < 1.29 is 23.8 Å². The number of thioether (sulfide) groups is 1. The molecule has 1 fully saturated rings. The Hall–Kier alpha value is -2.78. The number of nitrogens with one attached hydrogen (secondary N) is 1. The second-order valence-corrected chi connectivity index (χ2v) is 7.90. The summed E-state index contributed by atoms with van der Waals surface area (Å²) in [5, 5.41) is 3.22. The number of amidine groups is 1. The van der Waals surface area contributed by atoms with Gasteiger partial charge in [0.05, 0.1) is 24.3 Å². The third kappa shape index (κ3) is 5.87. The highest BCUT2D eigenvalue weighted by molar-refractivity contribution is 9.10. The molecule has 0 aliphatic carbocycles. The van der Waals surface area contributed by atoms with Gasteiger partial charge in [-0.05, 0) is 67.2 Å². The van der Waals surface area contributed by atoms with Crippen molar-refractivity contribution >= 4 is 56.5 Å². The molecule has 1 heterocycles. The number of benzene rings is 2. The molecular weight excluding hydrogens is 472 g/mol. The van der Waals surface area contributed by atoms with Gasteiger partial charge in [-0.1, -0.05) is 15.9 Å². The number of aliphatic imine (C=N–C) groups is 1. The number of carbonyl (C=O) groups is 2. The molecule has 156 valence electrons. The predicted molar refractivity (Wildman–Crippen MR) is 120 cm³/mol. The number of rotatable bonds is 7. The van der Waals surface area contributed by atoms with Gasteiger partial charge in [-0.2, -0.15) is 0 Å². The van der Waals surface area contributed by atoms with Crippen molar-refractivity contribution in [2.45, 2.75) is 6.92 Å². The zero-order valence-electron chi connectivity index (χ0n) is 16.3.